The first kappa shape index (κ1) is 31.4. The first-order valence-corrected chi connectivity index (χ1v) is 15.5. The second-order valence-corrected chi connectivity index (χ2v) is 11.9. The molecule has 2 aromatic carbocycles. The molecule has 11 nitrogen and oxygen atoms in total. The normalized spacial score (nSPS) is 18.5. The summed E-state index contributed by atoms with van der Waals surface area (Å²) in [5.41, 5.74) is 1.61. The molecule has 1 spiro atoms. The van der Waals surface area contributed by atoms with Crippen molar-refractivity contribution in [2.75, 3.05) is 36.0 Å². The third kappa shape index (κ3) is 5.99. The number of carbonyl (C=O) groups excluding carboxylic acids is 2. The van der Waals surface area contributed by atoms with Gasteiger partial charge in [0, 0.05) is 25.6 Å². The lowest BCUT2D eigenvalue weighted by Crippen LogP contribution is -2.43. The van der Waals surface area contributed by atoms with Crippen LogP contribution < -0.4 is 19.9 Å². The highest BCUT2D eigenvalue weighted by atomic mass is 19.2. The Kier molecular flexibility index (Phi) is 8.33. The van der Waals surface area contributed by atoms with Gasteiger partial charge in [0.05, 0.1) is 30.9 Å². The minimum atomic E-state index is -1.01. The Morgan fingerprint density at radius 3 is 2.67 bits per heavy atom. The summed E-state index contributed by atoms with van der Waals surface area (Å²) in [4.78, 5) is 34.0. The molecule has 2 aromatic heterocycles. The molecule has 2 atom stereocenters. The Morgan fingerprint density at radius 1 is 1.08 bits per heavy atom. The number of ether oxygens (including phenoxy) is 2. The van der Waals surface area contributed by atoms with Crippen LogP contribution in [0.2, 0.25) is 0 Å². The van der Waals surface area contributed by atoms with Crippen molar-refractivity contribution in [3.8, 4) is 5.75 Å². The summed E-state index contributed by atoms with van der Waals surface area (Å²) in [6, 6.07) is 8.96. The Balaban J connectivity index is 1.06. The molecule has 3 aliphatic rings. The topological polar surface area (TPSA) is 123 Å². The molecule has 1 N–H and O–H groups in total. The molecule has 1 fully saturated rings. The van der Waals surface area contributed by atoms with Crippen molar-refractivity contribution in [3.63, 3.8) is 0 Å². The van der Waals surface area contributed by atoms with Crippen molar-refractivity contribution >= 4 is 23.3 Å². The first-order valence-electron chi connectivity index (χ1n) is 15.5. The summed E-state index contributed by atoms with van der Waals surface area (Å²) in [7, 11) is 0. The number of benzene rings is 2. The standard InChI is InChI=1S/C34H31F3N6O5/c1-2-32(45)43-11-12-46-29-16-30(38-18-27(29)43)42-9-7-34(8-10-42)23-15-21(35)4-5-22(23)28(48-34)17-31(44)40-26(33-41-39-19-47-33)14-20-3-6-24(36)25(37)13-20/h2-6,13,15-16,18-19,26,28H,1,7-12,14,17H2,(H,40,44)/t26-,28+/m1/s1. The van der Waals surface area contributed by atoms with E-state index in [1.54, 1.807) is 17.2 Å². The van der Waals surface area contributed by atoms with Gasteiger partial charge in [-0.15, -0.1) is 10.2 Å². The van der Waals surface area contributed by atoms with Gasteiger partial charge in [-0.05, 0) is 59.9 Å². The lowest BCUT2D eigenvalue weighted by Gasteiger charge is -2.40. The summed E-state index contributed by atoms with van der Waals surface area (Å²) >= 11 is 0. The van der Waals surface area contributed by atoms with Gasteiger partial charge in [-0.2, -0.15) is 0 Å². The average Bonchev–Trinajstić information content (AvgIpc) is 3.73. The molecule has 248 valence electrons. The number of hydrogen-bond acceptors (Lipinski definition) is 9. The van der Waals surface area contributed by atoms with E-state index in [4.69, 9.17) is 13.9 Å². The SMILES string of the molecule is C=CC(=O)N1CCOc2cc(N3CCC4(CC3)O[C@@H](CC(=O)N[C@H](Cc3ccc(F)c(F)c3)c3nnco3)c3ccc(F)cc34)ncc21. The second-order valence-electron chi connectivity index (χ2n) is 11.9. The zero-order valence-corrected chi connectivity index (χ0v) is 25.7. The molecule has 5 heterocycles. The number of halogens is 3. The maximum absolute atomic E-state index is 14.6. The number of aromatic nitrogens is 3. The van der Waals surface area contributed by atoms with Gasteiger partial charge in [0.2, 0.25) is 18.2 Å². The first-order chi connectivity index (χ1) is 23.2. The Labute approximate surface area is 273 Å². The van der Waals surface area contributed by atoms with E-state index in [1.807, 2.05) is 6.07 Å². The van der Waals surface area contributed by atoms with Crippen LogP contribution in [0, 0.1) is 17.5 Å². The van der Waals surface area contributed by atoms with Crippen LogP contribution in [0.1, 0.15) is 54.0 Å². The maximum atomic E-state index is 14.6. The van der Waals surface area contributed by atoms with Gasteiger partial charge in [0.15, 0.2) is 11.6 Å². The minimum absolute atomic E-state index is 0.0720. The van der Waals surface area contributed by atoms with Gasteiger partial charge in [0.1, 0.15) is 35.7 Å². The second kappa shape index (κ2) is 12.8. The number of rotatable bonds is 8. The third-order valence-corrected chi connectivity index (χ3v) is 9.06. The molecule has 0 bridgehead atoms. The lowest BCUT2D eigenvalue weighted by atomic mass is 9.83. The van der Waals surface area contributed by atoms with Gasteiger partial charge in [-0.1, -0.05) is 18.7 Å². The Bertz CT molecular complexity index is 1860. The largest absolute Gasteiger partial charge is 0.489 e. The summed E-state index contributed by atoms with van der Waals surface area (Å²) in [5.74, 6) is -1.68. The smallest absolute Gasteiger partial charge is 0.250 e. The van der Waals surface area contributed by atoms with Crippen molar-refractivity contribution in [1.82, 2.24) is 20.5 Å². The van der Waals surface area contributed by atoms with E-state index in [0.717, 1.165) is 24.1 Å². The molecule has 0 unspecified atom stereocenters. The van der Waals surface area contributed by atoms with E-state index in [-0.39, 0.29) is 24.6 Å². The number of anilines is 2. The molecular formula is C34H31F3N6O5. The van der Waals surface area contributed by atoms with Crippen molar-refractivity contribution < 1.29 is 36.7 Å². The fourth-order valence-corrected chi connectivity index (χ4v) is 6.71. The quantitative estimate of drug-likeness (QED) is 0.264. The fourth-order valence-electron chi connectivity index (χ4n) is 6.71. The maximum Gasteiger partial charge on any atom is 0.250 e. The number of nitrogens with zero attached hydrogens (tertiary/aromatic N) is 5. The molecule has 0 aliphatic carbocycles. The van der Waals surface area contributed by atoms with Crippen molar-refractivity contribution in [2.45, 2.75) is 43.4 Å². The average molecular weight is 661 g/mol. The number of fused-ring (bicyclic) bond motifs is 3. The molecule has 0 radical (unpaired) electrons. The van der Waals surface area contributed by atoms with Crippen LogP contribution in [0.25, 0.3) is 0 Å². The number of carbonyl (C=O) groups is 2. The van der Waals surface area contributed by atoms with E-state index >= 15 is 0 Å². The van der Waals surface area contributed by atoms with E-state index < -0.39 is 41.1 Å². The van der Waals surface area contributed by atoms with E-state index in [2.05, 4.69) is 32.0 Å². The predicted octanol–water partition coefficient (Wildman–Crippen LogP) is 4.85. The Hall–Kier alpha value is -5.24. The van der Waals surface area contributed by atoms with Gasteiger partial charge in [-0.25, -0.2) is 18.2 Å². The summed E-state index contributed by atoms with van der Waals surface area (Å²) in [5, 5.41) is 10.5. The van der Waals surface area contributed by atoms with Crippen molar-refractivity contribution in [1.29, 1.82) is 0 Å². The van der Waals surface area contributed by atoms with E-state index in [1.165, 1.54) is 24.3 Å². The highest BCUT2D eigenvalue weighted by Crippen LogP contribution is 2.51. The molecule has 14 heteroatoms. The zero-order chi connectivity index (χ0) is 33.4. The highest BCUT2D eigenvalue weighted by Gasteiger charge is 2.47. The van der Waals surface area contributed by atoms with Crippen LogP contribution in [0.15, 0.2) is 72.1 Å². The van der Waals surface area contributed by atoms with Gasteiger partial charge in [0.25, 0.3) is 5.91 Å². The van der Waals surface area contributed by atoms with Crippen molar-refractivity contribution in [2.24, 2.45) is 0 Å². The number of nitrogens with one attached hydrogen (secondary N) is 1. The number of pyridine rings is 1. The summed E-state index contributed by atoms with van der Waals surface area (Å²) in [6.07, 6.45) is 4.32. The fraction of sp³-hybridized carbons (Fsp3) is 0.324. The van der Waals surface area contributed by atoms with Crippen LogP contribution in [-0.2, 0) is 26.3 Å². The monoisotopic (exact) mass is 660 g/mol. The number of piperidine rings is 1. The van der Waals surface area contributed by atoms with Crippen LogP contribution in [-0.4, -0.2) is 53.2 Å². The van der Waals surface area contributed by atoms with Crippen LogP contribution in [0.5, 0.6) is 5.75 Å². The third-order valence-electron chi connectivity index (χ3n) is 9.06. The number of hydrogen-bond donors (Lipinski definition) is 1. The Morgan fingerprint density at radius 2 is 1.92 bits per heavy atom. The molecule has 2 amide bonds. The molecular weight excluding hydrogens is 629 g/mol. The van der Waals surface area contributed by atoms with Crippen LogP contribution in [0.4, 0.5) is 24.7 Å². The van der Waals surface area contributed by atoms with Crippen LogP contribution >= 0.6 is 0 Å². The zero-order valence-electron chi connectivity index (χ0n) is 25.7. The van der Waals surface area contributed by atoms with Crippen molar-refractivity contribution in [3.05, 3.63) is 108 Å². The van der Waals surface area contributed by atoms with Crippen LogP contribution in [0.3, 0.4) is 0 Å². The molecule has 3 aliphatic heterocycles. The van der Waals surface area contributed by atoms with E-state index in [0.29, 0.717) is 67.5 Å². The van der Waals surface area contributed by atoms with E-state index in [9.17, 15) is 22.8 Å². The number of amides is 2. The van der Waals surface area contributed by atoms with Gasteiger partial charge < -0.3 is 29.0 Å². The minimum Gasteiger partial charge on any atom is -0.489 e. The van der Waals surface area contributed by atoms with Gasteiger partial charge >= 0.3 is 0 Å². The predicted molar refractivity (Wildman–Crippen MR) is 165 cm³/mol. The lowest BCUT2D eigenvalue weighted by molar-refractivity contribution is -0.131. The molecule has 7 rings (SSSR count). The molecule has 4 aromatic rings. The van der Waals surface area contributed by atoms with Gasteiger partial charge in [-0.3, -0.25) is 9.59 Å². The summed E-state index contributed by atoms with van der Waals surface area (Å²) < 4.78 is 59.8. The molecule has 1 saturated heterocycles. The molecule has 48 heavy (non-hydrogen) atoms. The molecule has 0 saturated carbocycles. The highest BCUT2D eigenvalue weighted by molar-refractivity contribution is 6.02. The summed E-state index contributed by atoms with van der Waals surface area (Å²) in [6.45, 7) is 5.39.